The number of hydrogen-bond acceptors (Lipinski definition) is 3. The highest BCUT2D eigenvalue weighted by atomic mass is 32.2. The van der Waals surface area contributed by atoms with Gasteiger partial charge in [0.1, 0.15) is 0 Å². The van der Waals surface area contributed by atoms with Crippen LogP contribution in [0.5, 0.6) is 0 Å². The van der Waals surface area contributed by atoms with E-state index in [-0.39, 0.29) is 5.25 Å². The van der Waals surface area contributed by atoms with Crippen LogP contribution in [-0.2, 0) is 25.8 Å². The van der Waals surface area contributed by atoms with E-state index in [2.05, 4.69) is 82.3 Å². The molecule has 0 amide bonds. The molecule has 3 nitrogen and oxygen atoms in total. The van der Waals surface area contributed by atoms with Gasteiger partial charge in [-0.15, -0.1) is 11.8 Å². The molecule has 166 valence electrons. The summed E-state index contributed by atoms with van der Waals surface area (Å²) in [6, 6.07) is 25.6. The molecular formula is C29H28N2OS. The number of aromatic nitrogens is 2. The second kappa shape index (κ2) is 10.2. The minimum atomic E-state index is 0.258. The van der Waals surface area contributed by atoms with Crippen molar-refractivity contribution in [3.63, 3.8) is 0 Å². The fourth-order valence-electron chi connectivity index (χ4n) is 4.70. The summed E-state index contributed by atoms with van der Waals surface area (Å²) in [5.41, 5.74) is 6.23. The third-order valence-corrected chi connectivity index (χ3v) is 7.74. The summed E-state index contributed by atoms with van der Waals surface area (Å²) >= 11 is 1.92. The van der Waals surface area contributed by atoms with E-state index in [4.69, 9.17) is 0 Å². The Morgan fingerprint density at radius 2 is 1.70 bits per heavy atom. The molecule has 1 aromatic heterocycles. The standard InChI is InChI=1S/C29H28N2OS/c32-27-13-7-12-24-25(27)16-17-28(26(24)15-14-22-8-3-1-4-9-22)33-29(20-31-19-18-30-21-31)23-10-5-2-6-11-23/h1-6,8-11,16-19,21,29H,7,12-15,20H2. The molecule has 0 spiro atoms. The van der Waals surface area contributed by atoms with Gasteiger partial charge in [-0.1, -0.05) is 66.7 Å². The molecule has 1 aliphatic carbocycles. The molecule has 5 rings (SSSR count). The normalized spacial score (nSPS) is 14.1. The summed E-state index contributed by atoms with van der Waals surface area (Å²) in [6.07, 6.45) is 10.3. The van der Waals surface area contributed by atoms with Gasteiger partial charge in [-0.05, 0) is 54.0 Å². The summed E-state index contributed by atoms with van der Waals surface area (Å²) in [6.45, 7) is 0.850. The molecule has 0 saturated carbocycles. The smallest absolute Gasteiger partial charge is 0.163 e. The summed E-state index contributed by atoms with van der Waals surface area (Å²) in [7, 11) is 0. The Morgan fingerprint density at radius 1 is 0.909 bits per heavy atom. The molecule has 33 heavy (non-hydrogen) atoms. The zero-order valence-corrected chi connectivity index (χ0v) is 19.5. The lowest BCUT2D eigenvalue weighted by molar-refractivity contribution is 0.0972. The van der Waals surface area contributed by atoms with Crippen molar-refractivity contribution in [3.8, 4) is 0 Å². The second-order valence-electron chi connectivity index (χ2n) is 8.61. The molecule has 1 unspecified atom stereocenters. The van der Waals surface area contributed by atoms with Crippen LogP contribution >= 0.6 is 11.8 Å². The van der Waals surface area contributed by atoms with Crippen LogP contribution in [0.25, 0.3) is 0 Å². The number of Topliss-reactive ketones (excluding diaryl/α,β-unsaturated/α-hetero) is 1. The summed E-state index contributed by atoms with van der Waals surface area (Å²) in [4.78, 5) is 18.2. The number of carbonyl (C=O) groups excluding carboxylic acids is 1. The van der Waals surface area contributed by atoms with E-state index in [9.17, 15) is 4.79 Å². The average molecular weight is 453 g/mol. The van der Waals surface area contributed by atoms with E-state index in [1.54, 1.807) is 0 Å². The topological polar surface area (TPSA) is 34.9 Å². The van der Waals surface area contributed by atoms with E-state index in [1.807, 2.05) is 30.5 Å². The molecule has 0 aliphatic heterocycles. The Morgan fingerprint density at radius 3 is 2.45 bits per heavy atom. The maximum atomic E-state index is 12.7. The predicted molar refractivity (Wildman–Crippen MR) is 135 cm³/mol. The van der Waals surface area contributed by atoms with Crippen molar-refractivity contribution in [2.45, 2.75) is 48.8 Å². The third kappa shape index (κ3) is 5.12. The Bertz CT molecular complexity index is 1200. The Hall–Kier alpha value is -3.11. The van der Waals surface area contributed by atoms with Crippen LogP contribution in [0.1, 0.15) is 50.7 Å². The molecule has 0 N–H and O–H groups in total. The van der Waals surface area contributed by atoms with Gasteiger partial charge in [0.15, 0.2) is 5.78 Å². The minimum absolute atomic E-state index is 0.258. The van der Waals surface area contributed by atoms with Crippen molar-refractivity contribution in [1.29, 1.82) is 0 Å². The van der Waals surface area contributed by atoms with Gasteiger partial charge in [0.05, 0.1) is 11.6 Å². The van der Waals surface area contributed by atoms with E-state index < -0.39 is 0 Å². The number of fused-ring (bicyclic) bond motifs is 1. The molecular weight excluding hydrogens is 424 g/mol. The molecule has 4 heteroatoms. The highest BCUT2D eigenvalue weighted by Crippen LogP contribution is 2.41. The SMILES string of the molecule is O=C1CCCc2c1ccc(SC(Cn1ccnc1)c1ccccc1)c2CCc1ccccc1. The zero-order chi connectivity index (χ0) is 22.5. The fourth-order valence-corrected chi connectivity index (χ4v) is 6.06. The van der Waals surface area contributed by atoms with Gasteiger partial charge in [-0.25, -0.2) is 4.98 Å². The Kier molecular flexibility index (Phi) is 6.73. The fraction of sp³-hybridized carbons (Fsp3) is 0.241. The molecule has 1 aliphatic rings. The lowest BCUT2D eigenvalue weighted by Gasteiger charge is -2.24. The van der Waals surface area contributed by atoms with Crippen LogP contribution in [-0.4, -0.2) is 15.3 Å². The van der Waals surface area contributed by atoms with Crippen LogP contribution in [0.3, 0.4) is 0 Å². The Labute approximate surface area is 199 Å². The van der Waals surface area contributed by atoms with Gasteiger partial charge >= 0.3 is 0 Å². The van der Waals surface area contributed by atoms with Gasteiger partial charge in [0.25, 0.3) is 0 Å². The van der Waals surface area contributed by atoms with Gasteiger partial charge in [0, 0.05) is 35.8 Å². The van der Waals surface area contributed by atoms with Crippen molar-refractivity contribution >= 4 is 17.5 Å². The second-order valence-corrected chi connectivity index (χ2v) is 9.85. The van der Waals surface area contributed by atoms with Gasteiger partial charge in [-0.2, -0.15) is 0 Å². The highest BCUT2D eigenvalue weighted by Gasteiger charge is 2.24. The average Bonchev–Trinajstić information content (AvgIpc) is 3.37. The van der Waals surface area contributed by atoms with Crippen LogP contribution < -0.4 is 0 Å². The van der Waals surface area contributed by atoms with Gasteiger partial charge < -0.3 is 4.57 Å². The van der Waals surface area contributed by atoms with Crippen molar-refractivity contribution in [1.82, 2.24) is 9.55 Å². The van der Waals surface area contributed by atoms with Crippen LogP contribution in [0, 0.1) is 0 Å². The van der Waals surface area contributed by atoms with Crippen molar-refractivity contribution in [3.05, 3.63) is 119 Å². The number of hydrogen-bond donors (Lipinski definition) is 0. The largest absolute Gasteiger partial charge is 0.336 e. The lowest BCUT2D eigenvalue weighted by Crippen LogP contribution is -2.15. The number of carbonyl (C=O) groups is 1. The molecule has 0 bridgehead atoms. The number of aryl methyl sites for hydroxylation is 1. The van der Waals surface area contributed by atoms with Crippen molar-refractivity contribution < 1.29 is 4.79 Å². The van der Waals surface area contributed by atoms with Crippen molar-refractivity contribution in [2.75, 3.05) is 0 Å². The van der Waals surface area contributed by atoms with Crippen LogP contribution in [0.15, 0.2) is 96.4 Å². The highest BCUT2D eigenvalue weighted by molar-refractivity contribution is 7.99. The number of ketones is 1. The zero-order valence-electron chi connectivity index (χ0n) is 18.7. The number of imidazole rings is 1. The number of benzene rings is 3. The number of thioether (sulfide) groups is 1. The van der Waals surface area contributed by atoms with E-state index in [0.29, 0.717) is 12.2 Å². The molecule has 0 fully saturated rings. The van der Waals surface area contributed by atoms with E-state index in [1.165, 1.54) is 27.1 Å². The molecule has 3 aromatic carbocycles. The quantitative estimate of drug-likeness (QED) is 0.278. The monoisotopic (exact) mass is 452 g/mol. The summed E-state index contributed by atoms with van der Waals surface area (Å²) < 4.78 is 2.15. The lowest BCUT2D eigenvalue weighted by atomic mass is 9.85. The van der Waals surface area contributed by atoms with Gasteiger partial charge in [-0.3, -0.25) is 4.79 Å². The van der Waals surface area contributed by atoms with E-state index in [0.717, 1.165) is 37.8 Å². The first-order valence-electron chi connectivity index (χ1n) is 11.7. The maximum Gasteiger partial charge on any atom is 0.163 e. The molecule has 1 heterocycles. The Balaban J connectivity index is 1.50. The summed E-state index contributed by atoms with van der Waals surface area (Å²) in [5, 5.41) is 0.258. The predicted octanol–water partition coefficient (Wildman–Crippen LogP) is 6.72. The van der Waals surface area contributed by atoms with Crippen LogP contribution in [0.2, 0.25) is 0 Å². The van der Waals surface area contributed by atoms with E-state index >= 15 is 0 Å². The molecule has 1 atom stereocenters. The van der Waals surface area contributed by atoms with Crippen molar-refractivity contribution in [2.24, 2.45) is 0 Å². The molecule has 0 saturated heterocycles. The third-order valence-electron chi connectivity index (χ3n) is 6.40. The number of rotatable bonds is 8. The number of nitrogens with zero attached hydrogens (tertiary/aromatic N) is 2. The molecule has 4 aromatic rings. The first-order chi connectivity index (χ1) is 16.3. The first-order valence-corrected chi connectivity index (χ1v) is 12.5. The minimum Gasteiger partial charge on any atom is -0.336 e. The van der Waals surface area contributed by atoms with Crippen LogP contribution in [0.4, 0.5) is 0 Å². The molecule has 0 radical (unpaired) electrons. The van der Waals surface area contributed by atoms with Gasteiger partial charge in [0.2, 0.25) is 0 Å². The maximum absolute atomic E-state index is 12.7. The first kappa shape index (κ1) is 21.7. The summed E-state index contributed by atoms with van der Waals surface area (Å²) in [5.74, 6) is 0.298.